The first-order chi connectivity index (χ1) is 21.9. The fourth-order valence-corrected chi connectivity index (χ4v) is 6.00. The first-order valence-corrected chi connectivity index (χ1v) is 16.6. The third-order valence-electron chi connectivity index (χ3n) is 7.89. The van der Waals surface area contributed by atoms with Crippen LogP contribution in [0.4, 0.5) is 10.5 Å². The SMILES string of the molecule is CC1=C(N2CCN(C(=O)Nc3ccc(OCc4ccccc4)cc3)CC2)N=CC(CCCOS(=O)c2ccc(C)cc2)=CCC1. The smallest absolute Gasteiger partial charge is 0.321 e. The zero-order valence-corrected chi connectivity index (χ0v) is 26.9. The molecule has 0 aliphatic carbocycles. The number of amides is 2. The van der Waals surface area contributed by atoms with Crippen molar-refractivity contribution < 1.29 is 17.9 Å². The maximum absolute atomic E-state index is 13.0. The van der Waals surface area contributed by atoms with Gasteiger partial charge in [-0.2, -0.15) is 0 Å². The van der Waals surface area contributed by atoms with Gasteiger partial charge >= 0.3 is 6.03 Å². The molecule has 3 aromatic carbocycles. The van der Waals surface area contributed by atoms with Crippen LogP contribution in [-0.4, -0.2) is 59.0 Å². The molecule has 1 atom stereocenters. The van der Waals surface area contributed by atoms with Crippen LogP contribution >= 0.6 is 0 Å². The number of rotatable bonds is 11. The summed E-state index contributed by atoms with van der Waals surface area (Å²) in [5.74, 6) is 1.76. The largest absolute Gasteiger partial charge is 0.489 e. The minimum Gasteiger partial charge on any atom is -0.489 e. The second kappa shape index (κ2) is 16.2. The quantitative estimate of drug-likeness (QED) is 0.227. The van der Waals surface area contributed by atoms with Crippen molar-refractivity contribution in [2.75, 3.05) is 38.1 Å². The molecular formula is C36H42N4O4S. The van der Waals surface area contributed by atoms with E-state index in [-0.39, 0.29) is 6.03 Å². The van der Waals surface area contributed by atoms with Gasteiger partial charge < -0.3 is 19.9 Å². The van der Waals surface area contributed by atoms with Crippen LogP contribution in [0.3, 0.4) is 0 Å². The van der Waals surface area contributed by atoms with E-state index in [2.05, 4.69) is 23.2 Å². The van der Waals surface area contributed by atoms with Crippen LogP contribution in [0.1, 0.15) is 43.7 Å². The van der Waals surface area contributed by atoms with E-state index in [0.717, 1.165) is 67.2 Å². The van der Waals surface area contributed by atoms with Gasteiger partial charge in [-0.05, 0) is 92.6 Å². The molecule has 1 N–H and O–H groups in total. The number of piperazine rings is 1. The number of carbonyl (C=O) groups is 1. The lowest BCUT2D eigenvalue weighted by atomic mass is 10.0. The van der Waals surface area contributed by atoms with Crippen molar-refractivity contribution in [3.63, 3.8) is 0 Å². The number of benzene rings is 3. The summed E-state index contributed by atoms with van der Waals surface area (Å²) in [7, 11) is 0. The van der Waals surface area contributed by atoms with Gasteiger partial charge in [0.2, 0.25) is 0 Å². The molecule has 2 amide bonds. The maximum atomic E-state index is 13.0. The summed E-state index contributed by atoms with van der Waals surface area (Å²) in [5.41, 5.74) is 5.40. The number of hydrogen-bond acceptors (Lipinski definition) is 6. The molecule has 0 bridgehead atoms. The van der Waals surface area contributed by atoms with Gasteiger partial charge in [-0.3, -0.25) is 4.18 Å². The Hall–Kier alpha value is -4.21. The highest BCUT2D eigenvalue weighted by Crippen LogP contribution is 2.23. The number of hydrogen-bond donors (Lipinski definition) is 1. The predicted octanol–water partition coefficient (Wildman–Crippen LogP) is 7.27. The number of nitrogens with one attached hydrogen (secondary N) is 1. The minimum atomic E-state index is -1.45. The van der Waals surface area contributed by atoms with Crippen molar-refractivity contribution in [3.05, 3.63) is 113 Å². The highest BCUT2D eigenvalue weighted by atomic mass is 32.2. The van der Waals surface area contributed by atoms with Crippen LogP contribution < -0.4 is 10.1 Å². The maximum Gasteiger partial charge on any atom is 0.321 e. The van der Waals surface area contributed by atoms with Crippen molar-refractivity contribution in [1.29, 1.82) is 0 Å². The van der Waals surface area contributed by atoms with Gasteiger partial charge in [0.1, 0.15) is 18.2 Å². The standard InChI is InChI=1S/C36H42N4O4S/c1-28-13-19-34(20-14-28)45(42)44-25-7-12-30-11-6-8-29(2)35(37-26-30)39-21-23-40(24-22-39)36(41)38-32-15-17-33(18-16-32)43-27-31-9-4-3-5-10-31/h3-5,9-11,13-20,26H,6-8,12,21-25,27H2,1-2H3,(H,38,41). The van der Waals surface area contributed by atoms with Crippen LogP contribution in [0, 0.1) is 6.92 Å². The summed E-state index contributed by atoms with van der Waals surface area (Å²) in [6.07, 6.45) is 7.67. The summed E-state index contributed by atoms with van der Waals surface area (Å²) in [6.45, 7) is 7.76. The number of allylic oxidation sites excluding steroid dienone is 3. The Kier molecular flexibility index (Phi) is 11.6. The fraction of sp³-hybridized carbons (Fsp3) is 0.333. The summed E-state index contributed by atoms with van der Waals surface area (Å²) < 4.78 is 23.8. The van der Waals surface area contributed by atoms with E-state index < -0.39 is 11.1 Å². The molecule has 236 valence electrons. The Morgan fingerprint density at radius 2 is 1.67 bits per heavy atom. The van der Waals surface area contributed by atoms with Gasteiger partial charge in [-0.1, -0.05) is 54.1 Å². The Morgan fingerprint density at radius 3 is 2.40 bits per heavy atom. The van der Waals surface area contributed by atoms with E-state index in [0.29, 0.717) is 31.2 Å². The average molecular weight is 627 g/mol. The second-order valence-electron chi connectivity index (χ2n) is 11.4. The van der Waals surface area contributed by atoms with Gasteiger partial charge in [0, 0.05) is 38.1 Å². The molecule has 3 aromatic rings. The molecule has 2 aliphatic rings. The van der Waals surface area contributed by atoms with Crippen molar-refractivity contribution in [3.8, 4) is 5.75 Å². The number of aliphatic imine (C=N–C) groups is 1. The first kappa shape index (κ1) is 32.2. The lowest BCUT2D eigenvalue weighted by molar-refractivity contribution is 0.166. The molecule has 2 aliphatic heterocycles. The third-order valence-corrected chi connectivity index (χ3v) is 8.93. The van der Waals surface area contributed by atoms with Gasteiger partial charge in [-0.25, -0.2) is 14.0 Å². The van der Waals surface area contributed by atoms with Crippen molar-refractivity contribution >= 4 is 29.0 Å². The molecule has 0 saturated carbocycles. The van der Waals surface area contributed by atoms with Crippen LogP contribution in [0.15, 0.2) is 112 Å². The molecule has 5 rings (SSSR count). The number of nitrogens with zero attached hydrogens (tertiary/aromatic N) is 3. The number of urea groups is 1. The zero-order chi connectivity index (χ0) is 31.4. The van der Waals surface area contributed by atoms with E-state index in [1.54, 1.807) is 0 Å². The molecule has 1 saturated heterocycles. The van der Waals surface area contributed by atoms with Crippen molar-refractivity contribution in [2.45, 2.75) is 51.0 Å². The molecule has 1 unspecified atom stereocenters. The van der Waals surface area contributed by atoms with Crippen LogP contribution in [-0.2, 0) is 21.9 Å². The van der Waals surface area contributed by atoms with Crippen molar-refractivity contribution in [1.82, 2.24) is 9.80 Å². The molecule has 0 radical (unpaired) electrons. The van der Waals surface area contributed by atoms with Crippen molar-refractivity contribution in [2.24, 2.45) is 4.99 Å². The lowest BCUT2D eigenvalue weighted by Gasteiger charge is -2.36. The monoisotopic (exact) mass is 626 g/mol. The van der Waals surface area contributed by atoms with Crippen LogP contribution in [0.25, 0.3) is 0 Å². The molecular weight excluding hydrogens is 584 g/mol. The lowest BCUT2D eigenvalue weighted by Crippen LogP contribution is -2.49. The topological polar surface area (TPSA) is 83.5 Å². The van der Waals surface area contributed by atoms with Gasteiger partial charge in [0.15, 0.2) is 11.1 Å². The van der Waals surface area contributed by atoms with E-state index in [1.165, 1.54) is 11.1 Å². The van der Waals surface area contributed by atoms with Crippen LogP contribution in [0.2, 0.25) is 0 Å². The summed E-state index contributed by atoms with van der Waals surface area (Å²) >= 11 is -1.45. The Bertz CT molecular complexity index is 1530. The predicted molar refractivity (Wildman–Crippen MR) is 181 cm³/mol. The average Bonchev–Trinajstić information content (AvgIpc) is 3.06. The zero-order valence-electron chi connectivity index (χ0n) is 26.1. The third kappa shape index (κ3) is 9.64. The van der Waals surface area contributed by atoms with Crippen LogP contribution in [0.5, 0.6) is 5.75 Å². The molecule has 0 aromatic heterocycles. The van der Waals surface area contributed by atoms with E-state index in [1.807, 2.05) is 96.9 Å². The number of ether oxygens (including phenoxy) is 1. The van der Waals surface area contributed by atoms with Gasteiger partial charge in [0.25, 0.3) is 0 Å². The number of carbonyl (C=O) groups excluding carboxylic acids is 1. The van der Waals surface area contributed by atoms with E-state index >= 15 is 0 Å². The van der Waals surface area contributed by atoms with Gasteiger partial charge in [0.05, 0.1) is 11.5 Å². The summed E-state index contributed by atoms with van der Waals surface area (Å²) in [4.78, 5) is 22.7. The first-order valence-electron chi connectivity index (χ1n) is 15.6. The Labute approximate surface area is 269 Å². The molecule has 9 heteroatoms. The highest BCUT2D eigenvalue weighted by Gasteiger charge is 2.23. The van der Waals surface area contributed by atoms with Gasteiger partial charge in [-0.15, -0.1) is 0 Å². The molecule has 45 heavy (non-hydrogen) atoms. The normalized spacial score (nSPS) is 16.1. The Morgan fingerprint density at radius 1 is 0.933 bits per heavy atom. The fourth-order valence-electron chi connectivity index (χ4n) is 5.24. The molecule has 8 nitrogen and oxygen atoms in total. The number of aryl methyl sites for hydroxylation is 1. The second-order valence-corrected chi connectivity index (χ2v) is 12.5. The summed E-state index contributed by atoms with van der Waals surface area (Å²) in [5, 5.41) is 3.02. The molecule has 0 spiro atoms. The molecule has 1 fully saturated rings. The highest BCUT2D eigenvalue weighted by molar-refractivity contribution is 7.80. The van der Waals surface area contributed by atoms with E-state index in [4.69, 9.17) is 13.9 Å². The number of anilines is 1. The summed E-state index contributed by atoms with van der Waals surface area (Å²) in [6, 6.07) is 25.0. The van der Waals surface area contributed by atoms with E-state index in [9.17, 15) is 9.00 Å². The minimum absolute atomic E-state index is 0.102. The Balaban J connectivity index is 1.05. The molecule has 2 heterocycles.